The molecular weight excluding hydrogens is 240 g/mol. The van der Waals surface area contributed by atoms with Gasteiger partial charge in [0.15, 0.2) is 0 Å². The molecule has 4 heteroatoms. The van der Waals surface area contributed by atoms with Crippen LogP contribution in [0.25, 0.3) is 0 Å². The van der Waals surface area contributed by atoms with E-state index in [2.05, 4.69) is 30.6 Å². The SMILES string of the molecule is CCCN1CCCC(N(CCC(=O)O)C(C)C)CC1. The summed E-state index contributed by atoms with van der Waals surface area (Å²) in [6.07, 6.45) is 5.10. The third-order valence-corrected chi connectivity index (χ3v) is 4.05. The van der Waals surface area contributed by atoms with Crippen LogP contribution < -0.4 is 0 Å². The van der Waals surface area contributed by atoms with E-state index in [-0.39, 0.29) is 6.42 Å². The predicted molar refractivity (Wildman–Crippen MR) is 78.5 cm³/mol. The fourth-order valence-corrected chi connectivity index (χ4v) is 3.10. The number of aliphatic carboxylic acids is 1. The molecule has 1 aliphatic heterocycles. The van der Waals surface area contributed by atoms with E-state index in [9.17, 15) is 4.79 Å². The van der Waals surface area contributed by atoms with Crippen molar-refractivity contribution in [1.29, 1.82) is 0 Å². The van der Waals surface area contributed by atoms with Gasteiger partial charge >= 0.3 is 5.97 Å². The summed E-state index contributed by atoms with van der Waals surface area (Å²) in [4.78, 5) is 15.7. The molecule has 0 spiro atoms. The Kier molecular flexibility index (Phi) is 7.39. The first-order chi connectivity index (χ1) is 9.04. The van der Waals surface area contributed by atoms with E-state index in [4.69, 9.17) is 5.11 Å². The Morgan fingerprint density at radius 1 is 1.37 bits per heavy atom. The monoisotopic (exact) mass is 270 g/mol. The molecule has 0 aromatic heterocycles. The van der Waals surface area contributed by atoms with Crippen molar-refractivity contribution in [1.82, 2.24) is 9.80 Å². The molecule has 112 valence electrons. The lowest BCUT2D eigenvalue weighted by Crippen LogP contribution is -2.42. The van der Waals surface area contributed by atoms with Gasteiger partial charge in [0.05, 0.1) is 6.42 Å². The van der Waals surface area contributed by atoms with Crippen LogP contribution in [0.1, 0.15) is 52.9 Å². The third kappa shape index (κ3) is 5.91. The van der Waals surface area contributed by atoms with Crippen LogP contribution in [-0.4, -0.2) is 59.1 Å². The number of carboxylic acid groups (broad SMARTS) is 1. The zero-order valence-corrected chi connectivity index (χ0v) is 12.8. The molecule has 0 aliphatic carbocycles. The van der Waals surface area contributed by atoms with Crippen LogP contribution in [0.5, 0.6) is 0 Å². The summed E-state index contributed by atoms with van der Waals surface area (Å²) < 4.78 is 0. The van der Waals surface area contributed by atoms with Gasteiger partial charge < -0.3 is 10.0 Å². The molecule has 1 atom stereocenters. The van der Waals surface area contributed by atoms with Gasteiger partial charge in [0.1, 0.15) is 0 Å². The predicted octanol–water partition coefficient (Wildman–Crippen LogP) is 2.44. The summed E-state index contributed by atoms with van der Waals surface area (Å²) in [5, 5.41) is 8.88. The van der Waals surface area contributed by atoms with Crippen molar-refractivity contribution >= 4 is 5.97 Å². The standard InChI is InChI=1S/C15H30N2O2/c1-4-9-16-10-5-6-14(7-11-16)17(13(2)3)12-8-15(18)19/h13-14H,4-12H2,1-3H3,(H,18,19). The molecule has 1 heterocycles. The number of rotatable bonds is 7. The molecule has 19 heavy (non-hydrogen) atoms. The molecule has 0 aromatic carbocycles. The Hall–Kier alpha value is -0.610. The van der Waals surface area contributed by atoms with E-state index >= 15 is 0 Å². The Balaban J connectivity index is 2.51. The number of hydrogen-bond acceptors (Lipinski definition) is 3. The van der Waals surface area contributed by atoms with Gasteiger partial charge in [-0.25, -0.2) is 0 Å². The minimum Gasteiger partial charge on any atom is -0.481 e. The van der Waals surface area contributed by atoms with E-state index in [0.717, 1.165) is 6.54 Å². The second kappa shape index (κ2) is 8.54. The molecule has 1 rings (SSSR count). The van der Waals surface area contributed by atoms with Crippen LogP contribution in [0.15, 0.2) is 0 Å². The van der Waals surface area contributed by atoms with Crippen molar-refractivity contribution in [3.8, 4) is 0 Å². The highest BCUT2D eigenvalue weighted by Gasteiger charge is 2.24. The quantitative estimate of drug-likeness (QED) is 0.771. The maximum Gasteiger partial charge on any atom is 0.304 e. The Morgan fingerprint density at radius 3 is 2.68 bits per heavy atom. The Morgan fingerprint density at radius 2 is 2.11 bits per heavy atom. The highest BCUT2D eigenvalue weighted by atomic mass is 16.4. The maximum absolute atomic E-state index is 10.8. The van der Waals surface area contributed by atoms with Crippen molar-refractivity contribution in [2.24, 2.45) is 0 Å². The maximum atomic E-state index is 10.8. The van der Waals surface area contributed by atoms with E-state index in [1.807, 2.05) is 0 Å². The van der Waals surface area contributed by atoms with Gasteiger partial charge in [-0.3, -0.25) is 9.69 Å². The second-order valence-electron chi connectivity index (χ2n) is 5.90. The van der Waals surface area contributed by atoms with E-state index < -0.39 is 5.97 Å². The first kappa shape index (κ1) is 16.4. The van der Waals surface area contributed by atoms with Crippen molar-refractivity contribution in [2.75, 3.05) is 26.2 Å². The zero-order valence-electron chi connectivity index (χ0n) is 12.8. The molecule has 0 aromatic rings. The average molecular weight is 270 g/mol. The normalized spacial score (nSPS) is 21.8. The highest BCUT2D eigenvalue weighted by Crippen LogP contribution is 2.19. The Labute approximate surface area is 117 Å². The van der Waals surface area contributed by atoms with Crippen LogP contribution >= 0.6 is 0 Å². The second-order valence-corrected chi connectivity index (χ2v) is 5.90. The Bertz CT molecular complexity index is 269. The highest BCUT2D eigenvalue weighted by molar-refractivity contribution is 5.66. The molecule has 0 radical (unpaired) electrons. The molecular formula is C15H30N2O2. The number of nitrogens with zero attached hydrogens (tertiary/aromatic N) is 2. The van der Waals surface area contributed by atoms with Gasteiger partial charge in [-0.05, 0) is 59.2 Å². The molecule has 0 bridgehead atoms. The smallest absolute Gasteiger partial charge is 0.304 e. The average Bonchev–Trinajstić information content (AvgIpc) is 2.55. The van der Waals surface area contributed by atoms with Gasteiger partial charge in [0, 0.05) is 18.6 Å². The zero-order chi connectivity index (χ0) is 14.3. The summed E-state index contributed by atoms with van der Waals surface area (Å²) >= 11 is 0. The van der Waals surface area contributed by atoms with E-state index in [0.29, 0.717) is 18.6 Å². The minimum absolute atomic E-state index is 0.257. The number of carboxylic acids is 1. The summed E-state index contributed by atoms with van der Waals surface area (Å²) in [6.45, 7) is 10.8. The number of hydrogen-bond donors (Lipinski definition) is 1. The van der Waals surface area contributed by atoms with Gasteiger partial charge in [-0.2, -0.15) is 0 Å². The van der Waals surface area contributed by atoms with Gasteiger partial charge in [0.25, 0.3) is 0 Å². The van der Waals surface area contributed by atoms with Gasteiger partial charge in [0.2, 0.25) is 0 Å². The van der Waals surface area contributed by atoms with Crippen LogP contribution in [0, 0.1) is 0 Å². The molecule has 1 fully saturated rings. The summed E-state index contributed by atoms with van der Waals surface area (Å²) in [7, 11) is 0. The first-order valence-corrected chi connectivity index (χ1v) is 7.74. The molecule has 1 N–H and O–H groups in total. The van der Waals surface area contributed by atoms with Gasteiger partial charge in [-0.15, -0.1) is 0 Å². The third-order valence-electron chi connectivity index (χ3n) is 4.05. The minimum atomic E-state index is -0.688. The lowest BCUT2D eigenvalue weighted by atomic mass is 10.1. The van der Waals surface area contributed by atoms with E-state index in [1.165, 1.54) is 38.8 Å². The molecule has 4 nitrogen and oxygen atoms in total. The van der Waals surface area contributed by atoms with Crippen LogP contribution in [0.4, 0.5) is 0 Å². The molecule has 0 saturated carbocycles. The molecule has 0 amide bonds. The van der Waals surface area contributed by atoms with E-state index in [1.54, 1.807) is 0 Å². The fraction of sp³-hybridized carbons (Fsp3) is 0.933. The lowest BCUT2D eigenvalue weighted by molar-refractivity contribution is -0.137. The van der Waals surface area contributed by atoms with Crippen molar-refractivity contribution in [3.05, 3.63) is 0 Å². The first-order valence-electron chi connectivity index (χ1n) is 7.74. The summed E-state index contributed by atoms with van der Waals surface area (Å²) in [6, 6.07) is 0.989. The molecule has 1 aliphatic rings. The summed E-state index contributed by atoms with van der Waals surface area (Å²) in [5.41, 5.74) is 0. The van der Waals surface area contributed by atoms with Crippen molar-refractivity contribution in [2.45, 2.75) is 65.0 Å². The lowest BCUT2D eigenvalue weighted by Gasteiger charge is -2.34. The number of carbonyl (C=O) groups is 1. The summed E-state index contributed by atoms with van der Waals surface area (Å²) in [5.74, 6) is -0.688. The van der Waals surface area contributed by atoms with Crippen LogP contribution in [-0.2, 0) is 4.79 Å². The van der Waals surface area contributed by atoms with Crippen molar-refractivity contribution < 1.29 is 9.90 Å². The largest absolute Gasteiger partial charge is 0.481 e. The molecule has 1 saturated heterocycles. The number of likely N-dealkylation sites (tertiary alicyclic amines) is 1. The van der Waals surface area contributed by atoms with Crippen molar-refractivity contribution in [3.63, 3.8) is 0 Å². The topological polar surface area (TPSA) is 43.8 Å². The van der Waals surface area contributed by atoms with Gasteiger partial charge in [-0.1, -0.05) is 6.92 Å². The van der Waals surface area contributed by atoms with Crippen LogP contribution in [0.2, 0.25) is 0 Å². The molecule has 1 unspecified atom stereocenters. The van der Waals surface area contributed by atoms with Crippen LogP contribution in [0.3, 0.4) is 0 Å². The fourth-order valence-electron chi connectivity index (χ4n) is 3.10.